The van der Waals surface area contributed by atoms with Gasteiger partial charge in [0.05, 0.1) is 12.7 Å². The number of rotatable bonds is 3. The molecular formula is C32H44O6. The van der Waals surface area contributed by atoms with Crippen molar-refractivity contribution >= 4 is 11.8 Å². The van der Waals surface area contributed by atoms with Crippen LogP contribution in [0.3, 0.4) is 0 Å². The molecule has 1 aliphatic heterocycles. The minimum atomic E-state index is -1.50. The molecule has 6 heteroatoms. The fraction of sp³-hybridized carbons (Fsp3) is 0.688. The predicted molar refractivity (Wildman–Crippen MR) is 145 cm³/mol. The smallest absolute Gasteiger partial charge is 0.346 e. The lowest BCUT2D eigenvalue weighted by Crippen LogP contribution is -2.55. The van der Waals surface area contributed by atoms with Gasteiger partial charge in [0.25, 0.3) is 0 Å². The number of fused-ring (bicyclic) bond motifs is 4. The first-order valence-corrected chi connectivity index (χ1v) is 14.4. The van der Waals surface area contributed by atoms with Crippen LogP contribution in [0.15, 0.2) is 47.3 Å². The second-order valence-corrected chi connectivity index (χ2v) is 13.4. The fourth-order valence-corrected chi connectivity index (χ4v) is 8.73. The second kappa shape index (κ2) is 9.48. The Kier molecular flexibility index (Phi) is 6.83. The number of ether oxygens (including phenoxy) is 1. The largest absolute Gasteiger partial charge is 0.511 e. The number of Topliss-reactive ketones (excluding diaryl/α,β-unsaturated/α-hetero) is 1. The number of esters is 1. The maximum Gasteiger partial charge on any atom is 0.346 e. The summed E-state index contributed by atoms with van der Waals surface area (Å²) in [6.45, 7) is 9.86. The third kappa shape index (κ3) is 3.89. The number of carbonyl (C=O) groups is 2. The maximum atomic E-state index is 14.5. The molecule has 6 nitrogen and oxygen atoms in total. The lowest BCUT2D eigenvalue weighted by Gasteiger charge is -2.52. The average molecular weight is 525 g/mol. The summed E-state index contributed by atoms with van der Waals surface area (Å²) in [7, 11) is 0. The summed E-state index contributed by atoms with van der Waals surface area (Å²) in [5.41, 5.74) is -2.62. The number of allylic oxidation sites excluding steroid dienone is 5. The van der Waals surface area contributed by atoms with Gasteiger partial charge >= 0.3 is 5.97 Å². The summed E-state index contributed by atoms with van der Waals surface area (Å²) in [5.74, 6) is -0.619. The molecule has 208 valence electrons. The zero-order valence-electron chi connectivity index (χ0n) is 23.4. The van der Waals surface area contributed by atoms with E-state index in [2.05, 4.69) is 38.2 Å². The van der Waals surface area contributed by atoms with Crippen molar-refractivity contribution in [1.82, 2.24) is 0 Å². The van der Waals surface area contributed by atoms with Gasteiger partial charge in [0.2, 0.25) is 5.78 Å². The van der Waals surface area contributed by atoms with Crippen LogP contribution in [0.5, 0.6) is 0 Å². The Morgan fingerprint density at radius 2 is 1.87 bits per heavy atom. The molecule has 1 saturated carbocycles. The molecule has 4 aliphatic carbocycles. The normalized spacial score (nSPS) is 45.4. The number of hydrogen-bond donors (Lipinski definition) is 3. The minimum absolute atomic E-state index is 0.0717. The van der Waals surface area contributed by atoms with Crippen LogP contribution in [0, 0.1) is 46.3 Å². The van der Waals surface area contributed by atoms with Crippen molar-refractivity contribution in [2.24, 2.45) is 46.3 Å². The minimum Gasteiger partial charge on any atom is -0.511 e. The Bertz CT molecular complexity index is 1130. The molecule has 5 aliphatic rings. The van der Waals surface area contributed by atoms with E-state index in [1.807, 2.05) is 19.9 Å². The van der Waals surface area contributed by atoms with Crippen molar-refractivity contribution in [1.29, 1.82) is 0 Å². The van der Waals surface area contributed by atoms with Gasteiger partial charge in [0.1, 0.15) is 11.3 Å². The molecule has 0 aromatic rings. The van der Waals surface area contributed by atoms with Gasteiger partial charge in [0.15, 0.2) is 5.60 Å². The number of aliphatic hydroxyl groups is 3. The molecule has 2 bridgehead atoms. The van der Waals surface area contributed by atoms with Gasteiger partial charge in [-0.2, -0.15) is 0 Å². The molecule has 38 heavy (non-hydrogen) atoms. The van der Waals surface area contributed by atoms with Gasteiger partial charge in [-0.15, -0.1) is 0 Å². The van der Waals surface area contributed by atoms with E-state index in [-0.39, 0.29) is 53.9 Å². The molecule has 1 spiro atoms. The molecule has 2 fully saturated rings. The summed E-state index contributed by atoms with van der Waals surface area (Å²) in [5, 5.41) is 32.5. The molecule has 0 amide bonds. The van der Waals surface area contributed by atoms with Crippen LogP contribution >= 0.6 is 0 Å². The van der Waals surface area contributed by atoms with Crippen molar-refractivity contribution in [3.05, 3.63) is 47.3 Å². The quantitative estimate of drug-likeness (QED) is 0.266. The molecule has 3 N–H and O–H groups in total. The molecular weight excluding hydrogens is 480 g/mol. The van der Waals surface area contributed by atoms with Crippen LogP contribution < -0.4 is 0 Å². The third-order valence-electron chi connectivity index (χ3n) is 10.8. The first-order chi connectivity index (χ1) is 17.9. The SMILES string of the molecule is CC(O)CC1CC23OC(=O)C(=C(O)C4(C)C(C=CC5CC(C)CCC54)C(C)C=CCC2(C)C=C1CO)C3=O. The Hall–Kier alpha value is -2.18. The Morgan fingerprint density at radius 1 is 1.13 bits per heavy atom. The standard InChI is InChI=1S/C32H44O6/c1-18-8-10-25-21(13-18)9-11-24-19(2)7-6-12-30(4)15-23(17-33)22(14-20(3)34)16-32(30)28(36)26(29(37)38-32)27(35)31(24,25)5/h6-7,9,11,15,18-22,24-25,33-35H,8,10,12-14,16-17H2,1-5H3. The van der Waals surface area contributed by atoms with Crippen LogP contribution in [0.25, 0.3) is 0 Å². The van der Waals surface area contributed by atoms with Gasteiger partial charge in [-0.05, 0) is 73.7 Å². The molecule has 1 saturated heterocycles. The zero-order valence-corrected chi connectivity index (χ0v) is 23.4. The number of carbonyl (C=O) groups excluding carboxylic acids is 2. The third-order valence-corrected chi connectivity index (χ3v) is 10.8. The van der Waals surface area contributed by atoms with E-state index >= 15 is 0 Å². The van der Waals surface area contributed by atoms with Gasteiger partial charge in [-0.3, -0.25) is 4.79 Å². The van der Waals surface area contributed by atoms with Gasteiger partial charge in [-0.25, -0.2) is 4.79 Å². The van der Waals surface area contributed by atoms with E-state index in [1.54, 1.807) is 6.92 Å². The van der Waals surface area contributed by atoms with Gasteiger partial charge < -0.3 is 20.1 Å². The molecule has 10 atom stereocenters. The van der Waals surface area contributed by atoms with Crippen LogP contribution in [0.2, 0.25) is 0 Å². The van der Waals surface area contributed by atoms with Crippen LogP contribution in [0.4, 0.5) is 0 Å². The van der Waals surface area contributed by atoms with Gasteiger partial charge in [0, 0.05) is 17.3 Å². The second-order valence-electron chi connectivity index (χ2n) is 13.4. The van der Waals surface area contributed by atoms with Gasteiger partial charge in [-0.1, -0.05) is 64.5 Å². The molecule has 10 unspecified atom stereocenters. The van der Waals surface area contributed by atoms with Crippen molar-refractivity contribution < 1.29 is 29.6 Å². The fourth-order valence-electron chi connectivity index (χ4n) is 8.73. The highest BCUT2D eigenvalue weighted by molar-refractivity contribution is 6.26. The highest BCUT2D eigenvalue weighted by Gasteiger charge is 2.66. The summed E-state index contributed by atoms with van der Waals surface area (Å²) < 4.78 is 6.12. The van der Waals surface area contributed by atoms with Crippen molar-refractivity contribution in [2.45, 2.75) is 84.8 Å². The Morgan fingerprint density at radius 3 is 2.55 bits per heavy atom. The average Bonchev–Trinajstić information content (AvgIpc) is 3.09. The first kappa shape index (κ1) is 27.4. The molecule has 0 radical (unpaired) electrons. The van der Waals surface area contributed by atoms with E-state index in [9.17, 15) is 24.9 Å². The summed E-state index contributed by atoms with van der Waals surface area (Å²) in [4.78, 5) is 28.2. The summed E-state index contributed by atoms with van der Waals surface area (Å²) in [6, 6.07) is 0. The maximum absolute atomic E-state index is 14.5. The van der Waals surface area contributed by atoms with E-state index in [0.717, 1.165) is 24.8 Å². The monoisotopic (exact) mass is 524 g/mol. The van der Waals surface area contributed by atoms with E-state index < -0.39 is 34.3 Å². The Labute approximate surface area is 226 Å². The Balaban J connectivity index is 1.72. The molecule has 5 rings (SSSR count). The summed E-state index contributed by atoms with van der Waals surface area (Å²) in [6.07, 6.45) is 14.0. The molecule has 0 aromatic heterocycles. The van der Waals surface area contributed by atoms with Crippen LogP contribution in [-0.2, 0) is 14.3 Å². The van der Waals surface area contributed by atoms with E-state index in [4.69, 9.17) is 4.74 Å². The first-order valence-electron chi connectivity index (χ1n) is 14.4. The van der Waals surface area contributed by atoms with Crippen molar-refractivity contribution in [3.63, 3.8) is 0 Å². The number of hydrogen-bond acceptors (Lipinski definition) is 6. The van der Waals surface area contributed by atoms with Crippen molar-refractivity contribution in [2.75, 3.05) is 6.61 Å². The molecule has 1 heterocycles. The molecule has 0 aromatic carbocycles. The zero-order chi connectivity index (χ0) is 27.6. The number of aliphatic hydroxyl groups excluding tert-OH is 3. The lowest BCUT2D eigenvalue weighted by atomic mass is 9.52. The highest BCUT2D eigenvalue weighted by Crippen LogP contribution is 2.60. The van der Waals surface area contributed by atoms with E-state index in [1.165, 1.54) is 0 Å². The van der Waals surface area contributed by atoms with E-state index in [0.29, 0.717) is 18.8 Å². The lowest BCUT2D eigenvalue weighted by molar-refractivity contribution is -0.166. The summed E-state index contributed by atoms with van der Waals surface area (Å²) >= 11 is 0. The number of ketones is 1. The topological polar surface area (TPSA) is 104 Å². The van der Waals surface area contributed by atoms with Crippen LogP contribution in [-0.4, -0.2) is 45.4 Å². The van der Waals surface area contributed by atoms with Crippen LogP contribution in [0.1, 0.15) is 73.1 Å². The van der Waals surface area contributed by atoms with Crippen molar-refractivity contribution in [3.8, 4) is 0 Å². The predicted octanol–water partition coefficient (Wildman–Crippen LogP) is 5.22. The highest BCUT2D eigenvalue weighted by atomic mass is 16.6.